The van der Waals surface area contributed by atoms with Crippen LogP contribution in [0.3, 0.4) is 0 Å². The van der Waals surface area contributed by atoms with Crippen LogP contribution in [-0.2, 0) is 24.5 Å². The molecule has 2 saturated carbocycles. The Morgan fingerprint density at radius 2 is 1.71 bits per heavy atom. The maximum absolute atomic E-state index is 12.5. The van der Waals surface area contributed by atoms with Crippen LogP contribution >= 0.6 is 0 Å². The van der Waals surface area contributed by atoms with Gasteiger partial charge in [0.15, 0.2) is 9.84 Å². The molecule has 0 saturated heterocycles. The molecule has 0 amide bonds. The van der Waals surface area contributed by atoms with E-state index in [1.54, 1.807) is 0 Å². The van der Waals surface area contributed by atoms with Crippen molar-refractivity contribution in [1.29, 1.82) is 0 Å². The SMILES string of the molecule is CS(=O)(=O)C1CCCC(S(=O)(=O)CC2(CC(=O)O)CC2)C1. The molecular weight excluding hydrogens is 316 g/mol. The minimum absolute atomic E-state index is 0.117. The highest BCUT2D eigenvalue weighted by atomic mass is 32.2. The first-order valence-corrected chi connectivity index (χ1v) is 10.8. The fourth-order valence-corrected chi connectivity index (χ4v) is 7.06. The monoisotopic (exact) mass is 338 g/mol. The van der Waals surface area contributed by atoms with Crippen LogP contribution < -0.4 is 0 Å². The molecule has 0 aromatic rings. The number of carboxylic acids is 1. The van der Waals surface area contributed by atoms with Gasteiger partial charge in [-0.3, -0.25) is 4.79 Å². The Hall–Kier alpha value is -0.630. The summed E-state index contributed by atoms with van der Waals surface area (Å²) in [5.74, 6) is -1.09. The third-order valence-corrected chi connectivity index (χ3v) is 8.78. The van der Waals surface area contributed by atoms with Gasteiger partial charge >= 0.3 is 5.97 Å². The molecule has 2 atom stereocenters. The number of hydrogen-bond donors (Lipinski definition) is 1. The molecular formula is C13H22O6S2. The second kappa shape index (κ2) is 5.53. The Morgan fingerprint density at radius 1 is 1.14 bits per heavy atom. The van der Waals surface area contributed by atoms with E-state index in [9.17, 15) is 21.6 Å². The van der Waals surface area contributed by atoms with E-state index in [2.05, 4.69) is 0 Å². The minimum Gasteiger partial charge on any atom is -0.481 e. The lowest BCUT2D eigenvalue weighted by atomic mass is 10.00. The molecule has 0 heterocycles. The number of sulfone groups is 2. The predicted molar refractivity (Wildman–Crippen MR) is 78.6 cm³/mol. The van der Waals surface area contributed by atoms with Crippen molar-refractivity contribution < 1.29 is 26.7 Å². The molecule has 0 bridgehead atoms. The predicted octanol–water partition coefficient (Wildman–Crippen LogP) is 1.01. The Bertz CT molecular complexity index is 615. The average molecular weight is 338 g/mol. The van der Waals surface area contributed by atoms with Crippen LogP contribution in [-0.4, -0.2) is 50.4 Å². The van der Waals surface area contributed by atoms with E-state index in [1.165, 1.54) is 0 Å². The van der Waals surface area contributed by atoms with Gasteiger partial charge in [0.2, 0.25) is 0 Å². The molecule has 6 nitrogen and oxygen atoms in total. The lowest BCUT2D eigenvalue weighted by Crippen LogP contribution is -2.37. The smallest absolute Gasteiger partial charge is 0.303 e. The second-order valence-corrected chi connectivity index (χ2v) is 11.2. The summed E-state index contributed by atoms with van der Waals surface area (Å²) in [6, 6.07) is 0. The Morgan fingerprint density at radius 3 is 2.19 bits per heavy atom. The van der Waals surface area contributed by atoms with Crippen LogP contribution in [0.5, 0.6) is 0 Å². The molecule has 8 heteroatoms. The number of hydrogen-bond acceptors (Lipinski definition) is 5. The zero-order chi connectivity index (χ0) is 15.9. The van der Waals surface area contributed by atoms with Gasteiger partial charge in [0, 0.05) is 6.26 Å². The molecule has 2 aliphatic rings. The van der Waals surface area contributed by atoms with Crippen LogP contribution in [0.4, 0.5) is 0 Å². The Labute approximate surface area is 125 Å². The van der Waals surface area contributed by atoms with E-state index in [0.29, 0.717) is 32.1 Å². The Balaban J connectivity index is 2.08. The van der Waals surface area contributed by atoms with Crippen LogP contribution in [0.1, 0.15) is 44.9 Å². The maximum Gasteiger partial charge on any atom is 0.303 e. The largest absolute Gasteiger partial charge is 0.481 e. The van der Waals surface area contributed by atoms with Crippen LogP contribution in [0.15, 0.2) is 0 Å². The Kier molecular flexibility index (Phi) is 4.41. The van der Waals surface area contributed by atoms with Crippen LogP contribution in [0.2, 0.25) is 0 Å². The van der Waals surface area contributed by atoms with Crippen molar-refractivity contribution in [3.05, 3.63) is 0 Å². The molecule has 122 valence electrons. The second-order valence-electron chi connectivity index (χ2n) is 6.62. The van der Waals surface area contributed by atoms with Gasteiger partial charge in [-0.1, -0.05) is 6.42 Å². The van der Waals surface area contributed by atoms with Crippen molar-refractivity contribution >= 4 is 25.6 Å². The number of rotatable bonds is 6. The normalized spacial score (nSPS) is 29.0. The minimum atomic E-state index is -3.45. The maximum atomic E-state index is 12.5. The lowest BCUT2D eigenvalue weighted by Gasteiger charge is -2.29. The topological polar surface area (TPSA) is 106 Å². The number of carboxylic acid groups (broad SMARTS) is 1. The number of aliphatic carboxylic acids is 1. The molecule has 21 heavy (non-hydrogen) atoms. The van der Waals surface area contributed by atoms with Gasteiger partial charge in [0.25, 0.3) is 0 Å². The highest BCUT2D eigenvalue weighted by Gasteiger charge is 2.49. The van der Waals surface area contributed by atoms with E-state index in [-0.39, 0.29) is 18.6 Å². The van der Waals surface area contributed by atoms with Gasteiger partial charge in [0.1, 0.15) is 9.84 Å². The summed E-state index contributed by atoms with van der Waals surface area (Å²) in [6.45, 7) is 0. The summed E-state index contributed by atoms with van der Waals surface area (Å²) in [6.07, 6.45) is 4.04. The molecule has 0 spiro atoms. The van der Waals surface area contributed by atoms with Gasteiger partial charge in [-0.25, -0.2) is 16.8 Å². The fourth-order valence-electron chi connectivity index (χ4n) is 3.23. The van der Waals surface area contributed by atoms with Crippen molar-refractivity contribution in [2.24, 2.45) is 5.41 Å². The molecule has 0 aromatic carbocycles. The molecule has 2 aliphatic carbocycles. The summed E-state index contributed by atoms with van der Waals surface area (Å²) in [4.78, 5) is 10.8. The quantitative estimate of drug-likeness (QED) is 0.775. The van der Waals surface area contributed by atoms with Crippen molar-refractivity contribution in [3.8, 4) is 0 Å². The van der Waals surface area contributed by atoms with Crippen molar-refractivity contribution in [2.45, 2.75) is 55.4 Å². The van der Waals surface area contributed by atoms with E-state index in [0.717, 1.165) is 6.26 Å². The summed E-state index contributed by atoms with van der Waals surface area (Å²) < 4.78 is 48.3. The van der Waals surface area contributed by atoms with E-state index in [4.69, 9.17) is 5.11 Å². The third-order valence-electron chi connectivity index (χ3n) is 4.68. The third kappa shape index (κ3) is 4.18. The van der Waals surface area contributed by atoms with Crippen LogP contribution in [0, 0.1) is 5.41 Å². The summed E-state index contributed by atoms with van der Waals surface area (Å²) in [7, 11) is -6.67. The highest BCUT2D eigenvalue weighted by Crippen LogP contribution is 2.50. The van der Waals surface area contributed by atoms with E-state index >= 15 is 0 Å². The average Bonchev–Trinajstić information content (AvgIpc) is 3.05. The van der Waals surface area contributed by atoms with Gasteiger partial charge in [0.05, 0.1) is 22.7 Å². The zero-order valence-electron chi connectivity index (χ0n) is 12.1. The molecule has 2 unspecified atom stereocenters. The molecule has 0 aromatic heterocycles. The van der Waals surface area contributed by atoms with Crippen molar-refractivity contribution in [3.63, 3.8) is 0 Å². The molecule has 0 aliphatic heterocycles. The molecule has 2 fully saturated rings. The summed E-state index contributed by atoms with van der Waals surface area (Å²) in [5.41, 5.74) is -0.608. The highest BCUT2D eigenvalue weighted by molar-refractivity contribution is 7.92. The molecule has 2 rings (SSSR count). The van der Waals surface area contributed by atoms with Crippen LogP contribution in [0.25, 0.3) is 0 Å². The van der Waals surface area contributed by atoms with Gasteiger partial charge in [-0.05, 0) is 37.5 Å². The first kappa shape index (κ1) is 16.7. The van der Waals surface area contributed by atoms with Crippen molar-refractivity contribution in [2.75, 3.05) is 12.0 Å². The molecule has 1 N–H and O–H groups in total. The number of carbonyl (C=O) groups is 1. The van der Waals surface area contributed by atoms with Gasteiger partial charge in [-0.15, -0.1) is 0 Å². The first-order valence-electron chi connectivity index (χ1n) is 7.16. The van der Waals surface area contributed by atoms with E-state index < -0.39 is 41.6 Å². The summed E-state index contributed by atoms with van der Waals surface area (Å²) >= 11 is 0. The zero-order valence-corrected chi connectivity index (χ0v) is 13.7. The van der Waals surface area contributed by atoms with E-state index in [1.807, 2.05) is 0 Å². The fraction of sp³-hybridized carbons (Fsp3) is 0.923. The first-order chi connectivity index (χ1) is 9.54. The lowest BCUT2D eigenvalue weighted by molar-refractivity contribution is -0.138. The summed E-state index contributed by atoms with van der Waals surface area (Å²) in [5, 5.41) is 7.65. The van der Waals surface area contributed by atoms with Crippen molar-refractivity contribution in [1.82, 2.24) is 0 Å². The van der Waals surface area contributed by atoms with Gasteiger partial charge < -0.3 is 5.11 Å². The van der Waals surface area contributed by atoms with Gasteiger partial charge in [-0.2, -0.15) is 0 Å². The standard InChI is InChI=1S/C13H22O6S2/c1-20(16,17)10-3-2-4-11(7-10)21(18,19)9-13(5-6-13)8-12(14)15/h10-11H,2-9H2,1H3,(H,14,15). The molecule has 0 radical (unpaired) electrons.